The molecular weight excluding hydrogens is 364 g/mol. The normalized spacial score (nSPS) is 16.4. The number of carbonyl (C=O) groups is 3. The number of esters is 1. The molecule has 1 saturated heterocycles. The van der Waals surface area contributed by atoms with Gasteiger partial charge in [0.2, 0.25) is 6.79 Å². The topological polar surface area (TPSA) is 108 Å². The Morgan fingerprint density at radius 3 is 2.64 bits per heavy atom. The predicted molar refractivity (Wildman–Crippen MR) is 102 cm³/mol. The van der Waals surface area contributed by atoms with Crippen molar-refractivity contribution < 1.29 is 28.6 Å². The summed E-state index contributed by atoms with van der Waals surface area (Å²) in [4.78, 5) is 37.4. The Morgan fingerprint density at radius 2 is 1.96 bits per heavy atom. The summed E-state index contributed by atoms with van der Waals surface area (Å²) in [6.07, 6.45) is 1.43. The van der Waals surface area contributed by atoms with Crippen LogP contribution in [-0.4, -0.2) is 56.3 Å². The Labute approximate surface area is 164 Å². The minimum Gasteiger partial charge on any atom is -0.496 e. The van der Waals surface area contributed by atoms with Crippen molar-refractivity contribution in [2.45, 2.75) is 33.1 Å². The third kappa shape index (κ3) is 5.69. The number of hydrogen-bond donors (Lipinski definition) is 1. The summed E-state index contributed by atoms with van der Waals surface area (Å²) in [6.45, 7) is 4.15. The SMILES string of the molecule is COc1cc(C(=O)CC2CCCN(C(=O)OCOC(=O)CN)C2)cc(C)c1C. The number of rotatable bonds is 7. The number of hydrogen-bond acceptors (Lipinski definition) is 7. The molecule has 8 heteroatoms. The molecule has 28 heavy (non-hydrogen) atoms. The lowest BCUT2D eigenvalue weighted by atomic mass is 9.90. The maximum Gasteiger partial charge on any atom is 0.412 e. The van der Waals surface area contributed by atoms with E-state index in [2.05, 4.69) is 4.74 Å². The first-order valence-corrected chi connectivity index (χ1v) is 9.31. The zero-order chi connectivity index (χ0) is 20.7. The van der Waals surface area contributed by atoms with Gasteiger partial charge in [0.05, 0.1) is 13.7 Å². The number of carbonyl (C=O) groups excluding carboxylic acids is 3. The van der Waals surface area contributed by atoms with E-state index >= 15 is 0 Å². The zero-order valence-electron chi connectivity index (χ0n) is 16.7. The molecule has 1 aliphatic heterocycles. The van der Waals surface area contributed by atoms with Crippen LogP contribution in [0.5, 0.6) is 5.75 Å². The summed E-state index contributed by atoms with van der Waals surface area (Å²) >= 11 is 0. The number of nitrogens with two attached hydrogens (primary N) is 1. The van der Waals surface area contributed by atoms with Crippen LogP contribution in [0.15, 0.2) is 12.1 Å². The van der Waals surface area contributed by atoms with Crippen molar-refractivity contribution in [1.29, 1.82) is 0 Å². The minimum absolute atomic E-state index is 0.0264. The van der Waals surface area contributed by atoms with Crippen LogP contribution in [0.3, 0.4) is 0 Å². The molecule has 1 atom stereocenters. The van der Waals surface area contributed by atoms with Crippen molar-refractivity contribution in [2.75, 3.05) is 33.5 Å². The number of piperidine rings is 1. The summed E-state index contributed by atoms with van der Waals surface area (Å²) in [6, 6.07) is 3.65. The highest BCUT2D eigenvalue weighted by Gasteiger charge is 2.27. The fraction of sp³-hybridized carbons (Fsp3) is 0.550. The van der Waals surface area contributed by atoms with E-state index < -0.39 is 18.9 Å². The lowest BCUT2D eigenvalue weighted by Gasteiger charge is -2.31. The number of ether oxygens (including phenoxy) is 3. The number of aryl methyl sites for hydroxylation is 1. The molecule has 1 aromatic carbocycles. The van der Waals surface area contributed by atoms with E-state index in [4.69, 9.17) is 15.2 Å². The first-order chi connectivity index (χ1) is 13.3. The van der Waals surface area contributed by atoms with Crippen LogP contribution >= 0.6 is 0 Å². The van der Waals surface area contributed by atoms with Crippen molar-refractivity contribution in [3.05, 3.63) is 28.8 Å². The molecule has 1 unspecified atom stereocenters. The molecule has 1 fully saturated rings. The van der Waals surface area contributed by atoms with Crippen LogP contribution in [0.4, 0.5) is 4.79 Å². The van der Waals surface area contributed by atoms with Gasteiger partial charge >= 0.3 is 12.1 Å². The molecular formula is C20H28N2O6. The van der Waals surface area contributed by atoms with E-state index in [1.165, 1.54) is 0 Å². The molecule has 0 bridgehead atoms. The number of nitrogens with zero attached hydrogens (tertiary/aromatic N) is 1. The van der Waals surface area contributed by atoms with Crippen LogP contribution < -0.4 is 10.5 Å². The standard InChI is InChI=1S/C20H28N2O6/c1-13-7-16(9-18(26-3)14(13)2)17(23)8-15-5-4-6-22(11-15)20(25)28-12-27-19(24)10-21/h7,9,15H,4-6,8,10-12,21H2,1-3H3. The Hall–Kier alpha value is -2.61. The summed E-state index contributed by atoms with van der Waals surface area (Å²) in [5.74, 6) is 0.134. The smallest absolute Gasteiger partial charge is 0.412 e. The molecule has 2 N–H and O–H groups in total. The highest BCUT2D eigenvalue weighted by Crippen LogP contribution is 2.27. The fourth-order valence-corrected chi connectivity index (χ4v) is 3.27. The maximum atomic E-state index is 12.7. The first kappa shape index (κ1) is 21.7. The lowest BCUT2D eigenvalue weighted by molar-refractivity contribution is -0.150. The summed E-state index contributed by atoms with van der Waals surface area (Å²) in [7, 11) is 1.59. The van der Waals surface area contributed by atoms with E-state index in [0.29, 0.717) is 30.8 Å². The van der Waals surface area contributed by atoms with E-state index in [-0.39, 0.29) is 18.2 Å². The molecule has 0 radical (unpaired) electrons. The van der Waals surface area contributed by atoms with E-state index in [1.54, 1.807) is 18.1 Å². The monoisotopic (exact) mass is 392 g/mol. The lowest BCUT2D eigenvalue weighted by Crippen LogP contribution is -2.41. The predicted octanol–water partition coefficient (Wildman–Crippen LogP) is 2.19. The van der Waals surface area contributed by atoms with Gasteiger partial charge in [-0.05, 0) is 55.9 Å². The van der Waals surface area contributed by atoms with Gasteiger partial charge in [-0.1, -0.05) is 0 Å². The Morgan fingerprint density at radius 1 is 1.21 bits per heavy atom. The largest absolute Gasteiger partial charge is 0.496 e. The van der Waals surface area contributed by atoms with Crippen molar-refractivity contribution in [3.63, 3.8) is 0 Å². The second-order valence-corrected chi connectivity index (χ2v) is 6.95. The number of ketones is 1. The third-order valence-electron chi connectivity index (χ3n) is 4.98. The highest BCUT2D eigenvalue weighted by atomic mass is 16.7. The molecule has 0 aromatic heterocycles. The number of benzene rings is 1. The van der Waals surface area contributed by atoms with Crippen LogP contribution in [0, 0.1) is 19.8 Å². The van der Waals surface area contributed by atoms with E-state index in [0.717, 1.165) is 24.0 Å². The van der Waals surface area contributed by atoms with Gasteiger partial charge in [0, 0.05) is 25.1 Å². The van der Waals surface area contributed by atoms with Crippen molar-refractivity contribution in [1.82, 2.24) is 4.90 Å². The van der Waals surface area contributed by atoms with Gasteiger partial charge in [0.25, 0.3) is 0 Å². The van der Waals surface area contributed by atoms with Crippen LogP contribution in [0.2, 0.25) is 0 Å². The quantitative estimate of drug-likeness (QED) is 0.430. The summed E-state index contributed by atoms with van der Waals surface area (Å²) in [5.41, 5.74) is 7.75. The molecule has 0 spiro atoms. The van der Waals surface area contributed by atoms with Gasteiger partial charge < -0.3 is 24.8 Å². The number of Topliss-reactive ketones (excluding diaryl/α,β-unsaturated/α-hetero) is 1. The molecule has 2 rings (SSSR count). The molecule has 8 nitrogen and oxygen atoms in total. The van der Waals surface area contributed by atoms with Crippen LogP contribution in [0.25, 0.3) is 0 Å². The second-order valence-electron chi connectivity index (χ2n) is 6.95. The Bertz CT molecular complexity index is 734. The van der Waals surface area contributed by atoms with Gasteiger partial charge in [-0.15, -0.1) is 0 Å². The van der Waals surface area contributed by atoms with Gasteiger partial charge in [-0.2, -0.15) is 0 Å². The number of amides is 1. The van der Waals surface area contributed by atoms with E-state index in [1.807, 2.05) is 19.9 Å². The fourth-order valence-electron chi connectivity index (χ4n) is 3.27. The number of likely N-dealkylation sites (tertiary alicyclic amines) is 1. The Kier molecular flexibility index (Phi) is 7.80. The second kappa shape index (κ2) is 10.1. The molecule has 154 valence electrons. The third-order valence-corrected chi connectivity index (χ3v) is 4.98. The zero-order valence-corrected chi connectivity index (χ0v) is 16.7. The van der Waals surface area contributed by atoms with Crippen molar-refractivity contribution >= 4 is 17.8 Å². The molecule has 1 aliphatic rings. The van der Waals surface area contributed by atoms with Crippen molar-refractivity contribution in [2.24, 2.45) is 11.7 Å². The summed E-state index contributed by atoms with van der Waals surface area (Å²) < 4.78 is 14.9. The minimum atomic E-state index is -0.640. The maximum absolute atomic E-state index is 12.7. The van der Waals surface area contributed by atoms with Crippen molar-refractivity contribution in [3.8, 4) is 5.75 Å². The van der Waals surface area contributed by atoms with Crippen LogP contribution in [0.1, 0.15) is 40.7 Å². The number of methoxy groups -OCH3 is 1. The van der Waals surface area contributed by atoms with Gasteiger partial charge in [0.1, 0.15) is 5.75 Å². The molecule has 1 heterocycles. The molecule has 0 saturated carbocycles. The van der Waals surface area contributed by atoms with Gasteiger partial charge in [-0.25, -0.2) is 4.79 Å². The average molecular weight is 392 g/mol. The van der Waals surface area contributed by atoms with Crippen LogP contribution in [-0.2, 0) is 14.3 Å². The van der Waals surface area contributed by atoms with E-state index in [9.17, 15) is 14.4 Å². The molecule has 0 aliphatic carbocycles. The Balaban J connectivity index is 1.92. The average Bonchev–Trinajstić information content (AvgIpc) is 2.69. The first-order valence-electron chi connectivity index (χ1n) is 9.31. The summed E-state index contributed by atoms with van der Waals surface area (Å²) in [5, 5.41) is 0. The molecule has 1 amide bonds. The molecule has 1 aromatic rings. The highest BCUT2D eigenvalue weighted by molar-refractivity contribution is 5.97. The van der Waals surface area contributed by atoms with Gasteiger partial charge in [-0.3, -0.25) is 9.59 Å². The van der Waals surface area contributed by atoms with Gasteiger partial charge in [0.15, 0.2) is 5.78 Å².